The second-order valence-electron chi connectivity index (χ2n) is 20.9. The lowest BCUT2D eigenvalue weighted by Gasteiger charge is -2.19. The van der Waals surface area contributed by atoms with E-state index in [0.717, 1.165) is 77.0 Å². The van der Waals surface area contributed by atoms with Gasteiger partial charge in [0.1, 0.15) is 6.61 Å². The molecule has 0 radical (unpaired) electrons. The molecule has 0 saturated carbocycles. The lowest BCUT2D eigenvalue weighted by molar-refractivity contribution is -0.161. The van der Waals surface area contributed by atoms with E-state index in [1.165, 1.54) is 193 Å². The highest BCUT2D eigenvalue weighted by molar-refractivity contribution is 7.47. The molecule has 0 amide bonds. The number of phosphoric acid groups is 1. The van der Waals surface area contributed by atoms with Gasteiger partial charge in [0.25, 0.3) is 0 Å². The average Bonchev–Trinajstić information content (AvgIpc) is 3.39. The van der Waals surface area contributed by atoms with Gasteiger partial charge in [0.2, 0.25) is 0 Å². The standard InChI is InChI=1S/C64H118NO8P/c1-3-5-7-9-11-13-15-17-19-21-22-23-24-25-26-27-28-29-30-31-32-33-34-35-36-37-38-39-40-41-43-45-47-49-51-53-55-57-64(67)73-62(61-72-74(68,69)71-59-58-65)60-70-63(66)56-54-52-50-48-46-44-42-20-18-16-14-12-10-8-6-4-2/h5,7,11,13,17,19-20,22-23,42,62H,3-4,6,8-10,12,14-16,18,21,24-41,43-61,65H2,1-2H3,(H,68,69)/b7-5-,13-11-,19-17-,23-22-,42-20-. The van der Waals surface area contributed by atoms with Gasteiger partial charge < -0.3 is 20.1 Å². The van der Waals surface area contributed by atoms with Gasteiger partial charge in [-0.1, -0.05) is 274 Å². The molecule has 0 heterocycles. The van der Waals surface area contributed by atoms with Crippen LogP contribution in [-0.2, 0) is 32.7 Å². The van der Waals surface area contributed by atoms with Crippen LogP contribution in [0.5, 0.6) is 0 Å². The number of unbranched alkanes of at least 4 members (excludes halogenated alkanes) is 36. The molecule has 432 valence electrons. The Balaban J connectivity index is 3.80. The molecular weight excluding hydrogens is 942 g/mol. The van der Waals surface area contributed by atoms with Gasteiger partial charge in [0.05, 0.1) is 13.2 Å². The summed E-state index contributed by atoms with van der Waals surface area (Å²) in [5.74, 6) is -0.824. The van der Waals surface area contributed by atoms with Crippen LogP contribution in [0.1, 0.15) is 303 Å². The minimum atomic E-state index is -4.39. The summed E-state index contributed by atoms with van der Waals surface area (Å²) in [7, 11) is -4.39. The second kappa shape index (κ2) is 59.9. The molecule has 0 aliphatic heterocycles. The molecule has 0 fully saturated rings. The Morgan fingerprint density at radius 1 is 0.419 bits per heavy atom. The highest BCUT2D eigenvalue weighted by Gasteiger charge is 2.26. The molecule has 10 heteroatoms. The quantitative estimate of drug-likeness (QED) is 0.0264. The number of carbonyl (C=O) groups is 2. The number of carbonyl (C=O) groups excluding carboxylic acids is 2. The van der Waals surface area contributed by atoms with Crippen LogP contribution in [-0.4, -0.2) is 49.3 Å². The van der Waals surface area contributed by atoms with Crippen molar-refractivity contribution in [1.82, 2.24) is 0 Å². The largest absolute Gasteiger partial charge is 0.472 e. The molecule has 0 spiro atoms. The molecule has 0 bridgehead atoms. The SMILES string of the molecule is CC/C=C\C/C=C\C/C=C\C/C=C\CCCCCCCCCCCCCCCCCCCCCCCCCCC(=O)OC(COC(=O)CCCCCCC/C=C\CCCCCCCCC)COP(=O)(O)OCCN. The number of rotatable bonds is 59. The fourth-order valence-electron chi connectivity index (χ4n) is 9.04. The van der Waals surface area contributed by atoms with Crippen molar-refractivity contribution in [3.8, 4) is 0 Å². The Hall–Kier alpha value is -2.29. The summed E-state index contributed by atoms with van der Waals surface area (Å²) in [6.45, 7) is 3.66. The zero-order valence-electron chi connectivity index (χ0n) is 48.3. The maximum absolute atomic E-state index is 12.7. The van der Waals surface area contributed by atoms with E-state index in [1.807, 2.05) is 0 Å². The number of hydrogen-bond acceptors (Lipinski definition) is 8. The summed E-state index contributed by atoms with van der Waals surface area (Å²) in [6.07, 6.45) is 75.9. The van der Waals surface area contributed by atoms with Crippen molar-refractivity contribution in [3.63, 3.8) is 0 Å². The van der Waals surface area contributed by atoms with Gasteiger partial charge >= 0.3 is 19.8 Å². The Morgan fingerprint density at radius 2 is 0.743 bits per heavy atom. The lowest BCUT2D eigenvalue weighted by atomic mass is 10.0. The molecule has 0 saturated heterocycles. The maximum Gasteiger partial charge on any atom is 0.472 e. The van der Waals surface area contributed by atoms with Crippen LogP contribution in [0.4, 0.5) is 0 Å². The van der Waals surface area contributed by atoms with E-state index in [2.05, 4.69) is 74.6 Å². The molecule has 3 N–H and O–H groups in total. The van der Waals surface area contributed by atoms with Crippen molar-refractivity contribution in [2.24, 2.45) is 5.73 Å². The van der Waals surface area contributed by atoms with Crippen LogP contribution in [0.3, 0.4) is 0 Å². The first kappa shape index (κ1) is 71.7. The minimum Gasteiger partial charge on any atom is -0.462 e. The molecule has 74 heavy (non-hydrogen) atoms. The number of allylic oxidation sites excluding steroid dienone is 10. The van der Waals surface area contributed by atoms with E-state index in [0.29, 0.717) is 6.42 Å². The van der Waals surface area contributed by atoms with Crippen molar-refractivity contribution in [2.75, 3.05) is 26.4 Å². The minimum absolute atomic E-state index is 0.0532. The first-order valence-corrected chi connectivity index (χ1v) is 32.8. The van der Waals surface area contributed by atoms with E-state index >= 15 is 0 Å². The zero-order valence-corrected chi connectivity index (χ0v) is 49.2. The number of phosphoric ester groups is 1. The van der Waals surface area contributed by atoms with Gasteiger partial charge in [-0.2, -0.15) is 0 Å². The molecule has 0 aromatic carbocycles. The van der Waals surface area contributed by atoms with Gasteiger partial charge in [-0.3, -0.25) is 18.6 Å². The van der Waals surface area contributed by atoms with E-state index < -0.39 is 26.5 Å². The van der Waals surface area contributed by atoms with E-state index in [1.54, 1.807) is 0 Å². The Labute approximate surface area is 457 Å². The summed E-state index contributed by atoms with van der Waals surface area (Å²) in [5.41, 5.74) is 5.38. The molecule has 2 unspecified atom stereocenters. The Bertz CT molecular complexity index is 1390. The number of esters is 2. The summed E-state index contributed by atoms with van der Waals surface area (Å²) >= 11 is 0. The third kappa shape index (κ3) is 59.0. The topological polar surface area (TPSA) is 134 Å². The van der Waals surface area contributed by atoms with E-state index in [9.17, 15) is 19.0 Å². The number of ether oxygens (including phenoxy) is 2. The monoisotopic (exact) mass is 1060 g/mol. The van der Waals surface area contributed by atoms with Crippen molar-refractivity contribution in [1.29, 1.82) is 0 Å². The van der Waals surface area contributed by atoms with Crippen LogP contribution in [0.25, 0.3) is 0 Å². The smallest absolute Gasteiger partial charge is 0.462 e. The first-order valence-electron chi connectivity index (χ1n) is 31.3. The van der Waals surface area contributed by atoms with Crippen molar-refractivity contribution < 1.29 is 37.6 Å². The molecule has 0 aromatic heterocycles. The van der Waals surface area contributed by atoms with Crippen molar-refractivity contribution in [3.05, 3.63) is 60.8 Å². The summed E-state index contributed by atoms with van der Waals surface area (Å²) in [6, 6.07) is 0. The maximum atomic E-state index is 12.7. The van der Waals surface area contributed by atoms with Gasteiger partial charge in [0, 0.05) is 19.4 Å². The van der Waals surface area contributed by atoms with Crippen LogP contribution in [0, 0.1) is 0 Å². The summed E-state index contributed by atoms with van der Waals surface area (Å²) < 4.78 is 33.0. The highest BCUT2D eigenvalue weighted by Crippen LogP contribution is 2.43. The second-order valence-corrected chi connectivity index (χ2v) is 22.3. The summed E-state index contributed by atoms with van der Waals surface area (Å²) in [4.78, 5) is 35.2. The molecule has 0 rings (SSSR count). The molecule has 0 aliphatic carbocycles. The van der Waals surface area contributed by atoms with Crippen LogP contribution in [0.15, 0.2) is 60.8 Å². The van der Waals surface area contributed by atoms with Gasteiger partial charge in [-0.15, -0.1) is 0 Å². The predicted octanol–water partition coefficient (Wildman–Crippen LogP) is 19.9. The number of hydrogen-bond donors (Lipinski definition) is 2. The highest BCUT2D eigenvalue weighted by atomic mass is 31.2. The van der Waals surface area contributed by atoms with Gasteiger partial charge in [0.15, 0.2) is 6.10 Å². The normalized spacial score (nSPS) is 13.4. The van der Waals surface area contributed by atoms with Crippen LogP contribution >= 0.6 is 7.82 Å². The third-order valence-corrected chi connectivity index (χ3v) is 14.6. The summed E-state index contributed by atoms with van der Waals surface area (Å²) in [5, 5.41) is 0. The van der Waals surface area contributed by atoms with Crippen LogP contribution < -0.4 is 5.73 Å². The molecule has 2 atom stereocenters. The fourth-order valence-corrected chi connectivity index (χ4v) is 9.80. The molecule has 9 nitrogen and oxygen atoms in total. The molecule has 0 aromatic rings. The van der Waals surface area contributed by atoms with Gasteiger partial charge in [-0.25, -0.2) is 4.57 Å². The predicted molar refractivity (Wildman–Crippen MR) is 316 cm³/mol. The molecular formula is C64H118NO8P. The van der Waals surface area contributed by atoms with E-state index in [4.69, 9.17) is 24.3 Å². The number of nitrogens with two attached hydrogens (primary N) is 1. The lowest BCUT2D eigenvalue weighted by Crippen LogP contribution is -2.29. The van der Waals surface area contributed by atoms with Crippen LogP contribution in [0.2, 0.25) is 0 Å². The van der Waals surface area contributed by atoms with E-state index in [-0.39, 0.29) is 38.6 Å². The van der Waals surface area contributed by atoms with Crippen molar-refractivity contribution >= 4 is 19.8 Å². The Morgan fingerprint density at radius 3 is 1.12 bits per heavy atom. The third-order valence-electron chi connectivity index (χ3n) is 13.6. The Kier molecular flexibility index (Phi) is 58.1. The fraction of sp³-hybridized carbons (Fsp3) is 0.812. The average molecular weight is 1060 g/mol. The first-order chi connectivity index (χ1) is 36.3. The van der Waals surface area contributed by atoms with Gasteiger partial charge in [-0.05, 0) is 77.0 Å². The van der Waals surface area contributed by atoms with Crippen molar-refractivity contribution in [2.45, 2.75) is 309 Å². The zero-order chi connectivity index (χ0) is 53.8. The molecule has 0 aliphatic rings.